The first kappa shape index (κ1) is 36.8. The number of carbonyl (C=O) groups is 2. The molecule has 3 rings (SSSR count). The molecule has 0 atom stereocenters. The van der Waals surface area contributed by atoms with Gasteiger partial charge >= 0.3 is 5.97 Å². The Balaban J connectivity index is 0.00000616. The average molecular weight is 700 g/mol. The van der Waals surface area contributed by atoms with Gasteiger partial charge in [0.25, 0.3) is 11.5 Å². The number of rotatable bonds is 14. The van der Waals surface area contributed by atoms with Crippen molar-refractivity contribution in [3.05, 3.63) is 33.2 Å². The van der Waals surface area contributed by atoms with Crippen LogP contribution in [0, 0.1) is 5.92 Å². The minimum absolute atomic E-state index is 0. The zero-order chi connectivity index (χ0) is 29.9. The minimum Gasteiger partial charge on any atom is -1.00 e. The summed E-state index contributed by atoms with van der Waals surface area (Å²) in [5.74, 6) is -0.456. The zero-order valence-corrected chi connectivity index (χ0v) is 29.4. The van der Waals surface area contributed by atoms with Crippen LogP contribution in [0.2, 0.25) is 0 Å². The van der Waals surface area contributed by atoms with Gasteiger partial charge in [0.05, 0.1) is 20.1 Å². The number of quaternary nitrogens is 1. The van der Waals surface area contributed by atoms with Gasteiger partial charge in [-0.3, -0.25) is 9.59 Å². The van der Waals surface area contributed by atoms with E-state index in [1.807, 2.05) is 10.6 Å². The smallest absolute Gasteiger partial charge is 0.331 e. The Morgan fingerprint density at radius 2 is 1.55 bits per heavy atom. The first-order valence-corrected chi connectivity index (χ1v) is 16.7. The number of hydrogen-bond acceptors (Lipinski definition) is 4. The summed E-state index contributed by atoms with van der Waals surface area (Å²) in [4.78, 5) is 40.6. The molecule has 1 amide bonds. The molecule has 8 heteroatoms. The molecule has 1 fully saturated rings. The predicted octanol–water partition coefficient (Wildman–Crippen LogP) is 3.19. The number of unbranched alkanes of at least 4 members (excludes halogenated alkanes) is 2. The van der Waals surface area contributed by atoms with Gasteiger partial charge in [-0.25, -0.2) is 4.79 Å². The van der Waals surface area contributed by atoms with E-state index in [1.54, 1.807) is 13.8 Å². The van der Waals surface area contributed by atoms with E-state index >= 15 is 0 Å². The summed E-state index contributed by atoms with van der Waals surface area (Å²) in [6, 6.07) is 1.82. The highest BCUT2D eigenvalue weighted by molar-refractivity contribution is 5.97. The number of nitrogens with one attached hydrogen (secondary N) is 1. The lowest BCUT2D eigenvalue weighted by molar-refractivity contribution is -0.910. The van der Waals surface area contributed by atoms with Crippen molar-refractivity contribution in [2.45, 2.75) is 136 Å². The normalized spacial score (nSPS) is 16.5. The molecule has 0 bridgehead atoms. The summed E-state index contributed by atoms with van der Waals surface area (Å²) < 4.78 is 8.54. The van der Waals surface area contributed by atoms with Crippen LogP contribution >= 0.6 is 0 Å². The minimum atomic E-state index is -1.24. The molecule has 0 spiro atoms. The van der Waals surface area contributed by atoms with Gasteiger partial charge in [-0.15, -0.1) is 0 Å². The van der Waals surface area contributed by atoms with Gasteiger partial charge < -0.3 is 43.1 Å². The molecule has 2 aliphatic carbocycles. The standard InChI is InChI=1S/C34H57N3O4.HI/c1-6-8-21-37(5,22-9-7-2)23-24-41-33(40)34(3,4)35-31(38)29-25-28-19-15-10-11-16-20-30(28)36(32(29)39)26-27-17-13-12-14-18-27;/h25,27H,6-24,26H2,1-5H3;1H. The van der Waals surface area contributed by atoms with E-state index in [9.17, 15) is 14.4 Å². The van der Waals surface area contributed by atoms with Gasteiger partial charge in [0.15, 0.2) is 0 Å². The molecule has 240 valence electrons. The second-order valence-electron chi connectivity index (χ2n) is 13.6. The fraction of sp³-hybridized carbons (Fsp3) is 0.794. The van der Waals surface area contributed by atoms with Crippen LogP contribution < -0.4 is 34.9 Å². The predicted molar refractivity (Wildman–Crippen MR) is 166 cm³/mol. The number of hydrogen-bond donors (Lipinski definition) is 1. The van der Waals surface area contributed by atoms with Crippen molar-refractivity contribution in [3.63, 3.8) is 0 Å². The molecule has 0 aliphatic heterocycles. The average Bonchev–Trinajstić information content (AvgIpc) is 2.93. The van der Waals surface area contributed by atoms with Gasteiger partial charge in [-0.05, 0) is 82.8 Å². The molecule has 0 aromatic carbocycles. The van der Waals surface area contributed by atoms with E-state index in [-0.39, 0.29) is 35.1 Å². The van der Waals surface area contributed by atoms with Crippen LogP contribution in [0.1, 0.15) is 133 Å². The van der Waals surface area contributed by atoms with Crippen LogP contribution in [0.25, 0.3) is 0 Å². The fourth-order valence-electron chi connectivity index (χ4n) is 6.57. The van der Waals surface area contributed by atoms with Gasteiger partial charge in [-0.1, -0.05) is 58.8 Å². The molecule has 1 N–H and O–H groups in total. The maximum atomic E-state index is 13.8. The molecule has 1 heterocycles. The van der Waals surface area contributed by atoms with Crippen LogP contribution in [0.5, 0.6) is 0 Å². The third-order valence-corrected chi connectivity index (χ3v) is 9.41. The number of carbonyl (C=O) groups excluding carboxylic acids is 2. The summed E-state index contributed by atoms with van der Waals surface area (Å²) >= 11 is 0. The Bertz CT molecular complexity index is 1050. The first-order valence-electron chi connectivity index (χ1n) is 16.7. The van der Waals surface area contributed by atoms with Crippen molar-refractivity contribution in [2.24, 2.45) is 5.92 Å². The van der Waals surface area contributed by atoms with Crippen molar-refractivity contribution in [1.29, 1.82) is 0 Å². The highest BCUT2D eigenvalue weighted by Crippen LogP contribution is 2.27. The van der Waals surface area contributed by atoms with Crippen LogP contribution in [0.3, 0.4) is 0 Å². The molecular formula is C34H58IN3O4. The molecular weight excluding hydrogens is 641 g/mol. The lowest BCUT2D eigenvalue weighted by atomic mass is 9.88. The van der Waals surface area contributed by atoms with Crippen LogP contribution in [-0.2, 0) is 28.9 Å². The molecule has 2 aliphatic rings. The summed E-state index contributed by atoms with van der Waals surface area (Å²) in [7, 11) is 2.24. The Labute approximate surface area is 272 Å². The lowest BCUT2D eigenvalue weighted by Gasteiger charge is -2.35. The Morgan fingerprint density at radius 1 is 0.952 bits per heavy atom. The Morgan fingerprint density at radius 3 is 2.17 bits per heavy atom. The SMILES string of the molecule is CCCC[N+](C)(CCCC)CCOC(=O)C(C)(C)NC(=O)c1cc2c(n(CC3CCCCC3)c1=O)CCCCCC2.[I-]. The third-order valence-electron chi connectivity index (χ3n) is 9.41. The van der Waals surface area contributed by atoms with E-state index in [2.05, 4.69) is 26.2 Å². The second-order valence-corrected chi connectivity index (χ2v) is 13.6. The topological polar surface area (TPSA) is 77.4 Å². The number of aryl methyl sites for hydroxylation is 1. The number of pyridine rings is 1. The number of fused-ring (bicyclic) bond motifs is 1. The Kier molecular flexibility index (Phi) is 15.6. The summed E-state index contributed by atoms with van der Waals surface area (Å²) in [6.07, 6.45) is 16.9. The van der Waals surface area contributed by atoms with E-state index < -0.39 is 17.4 Å². The molecule has 1 aromatic heterocycles. The van der Waals surface area contributed by atoms with E-state index in [4.69, 9.17) is 4.74 Å². The van der Waals surface area contributed by atoms with Crippen LogP contribution in [-0.4, -0.2) is 59.8 Å². The molecule has 0 unspecified atom stereocenters. The lowest BCUT2D eigenvalue weighted by Crippen LogP contribution is -3.00. The van der Waals surface area contributed by atoms with Gasteiger partial charge in [0, 0.05) is 12.2 Å². The van der Waals surface area contributed by atoms with E-state index in [0.29, 0.717) is 19.1 Å². The van der Waals surface area contributed by atoms with Crippen LogP contribution in [0.15, 0.2) is 10.9 Å². The molecule has 7 nitrogen and oxygen atoms in total. The van der Waals surface area contributed by atoms with Crippen molar-refractivity contribution in [2.75, 3.05) is 33.3 Å². The molecule has 0 radical (unpaired) electrons. The number of halogens is 1. The zero-order valence-electron chi connectivity index (χ0n) is 27.2. The second kappa shape index (κ2) is 17.8. The van der Waals surface area contributed by atoms with Crippen molar-refractivity contribution >= 4 is 11.9 Å². The largest absolute Gasteiger partial charge is 1.00 e. The molecule has 42 heavy (non-hydrogen) atoms. The summed E-state index contributed by atoms with van der Waals surface area (Å²) in [5, 5.41) is 2.86. The summed E-state index contributed by atoms with van der Waals surface area (Å²) in [6.45, 7) is 11.6. The highest BCUT2D eigenvalue weighted by atomic mass is 127. The third kappa shape index (κ3) is 10.6. The van der Waals surface area contributed by atoms with Crippen molar-refractivity contribution in [3.8, 4) is 0 Å². The van der Waals surface area contributed by atoms with Gasteiger partial charge in [-0.2, -0.15) is 0 Å². The van der Waals surface area contributed by atoms with E-state index in [1.165, 1.54) is 32.1 Å². The monoisotopic (exact) mass is 699 g/mol. The maximum absolute atomic E-state index is 13.8. The quantitative estimate of drug-likeness (QED) is 0.184. The van der Waals surface area contributed by atoms with Gasteiger partial charge in [0.1, 0.15) is 24.3 Å². The van der Waals surface area contributed by atoms with E-state index in [0.717, 1.165) is 99.6 Å². The number of amides is 1. The molecule has 1 saturated carbocycles. The first-order chi connectivity index (χ1) is 19.6. The number of nitrogens with zero attached hydrogens (tertiary/aromatic N) is 2. The number of aromatic nitrogens is 1. The van der Waals surface area contributed by atoms with Gasteiger partial charge in [0.2, 0.25) is 0 Å². The Hall–Kier alpha value is -1.42. The molecule has 0 saturated heterocycles. The number of likely N-dealkylation sites (N-methyl/N-ethyl adjacent to an activating group) is 1. The van der Waals surface area contributed by atoms with Crippen molar-refractivity contribution in [1.82, 2.24) is 9.88 Å². The summed E-state index contributed by atoms with van der Waals surface area (Å²) in [5.41, 5.74) is 0.962. The van der Waals surface area contributed by atoms with Crippen LogP contribution in [0.4, 0.5) is 0 Å². The highest BCUT2D eigenvalue weighted by Gasteiger charge is 2.34. The fourth-order valence-corrected chi connectivity index (χ4v) is 6.57. The maximum Gasteiger partial charge on any atom is 0.331 e. The molecule has 1 aromatic rings. The number of esters is 1. The van der Waals surface area contributed by atoms with Crippen molar-refractivity contribution < 1.29 is 42.8 Å². The number of ether oxygens (including phenoxy) is 1.